The summed E-state index contributed by atoms with van der Waals surface area (Å²) in [7, 11) is 0. The molecule has 1 aromatic heterocycles. The highest BCUT2D eigenvalue weighted by Gasteiger charge is 2.40. The van der Waals surface area contributed by atoms with Crippen LogP contribution < -0.4 is 5.32 Å². The van der Waals surface area contributed by atoms with Gasteiger partial charge in [-0.1, -0.05) is 6.42 Å². The van der Waals surface area contributed by atoms with E-state index in [0.717, 1.165) is 23.1 Å². The molecule has 1 N–H and O–H groups in total. The Kier molecular flexibility index (Phi) is 3.89. The van der Waals surface area contributed by atoms with Gasteiger partial charge < -0.3 is 5.32 Å². The molecule has 2 aliphatic carbocycles. The maximum Gasteiger partial charge on any atom is 0.226 e. The second kappa shape index (κ2) is 6.04. The summed E-state index contributed by atoms with van der Waals surface area (Å²) in [6, 6.07) is 6.24. The molecule has 1 aromatic carbocycles. The van der Waals surface area contributed by atoms with Crippen molar-refractivity contribution in [3.63, 3.8) is 0 Å². The van der Waals surface area contributed by atoms with Gasteiger partial charge in [-0.15, -0.1) is 11.3 Å². The summed E-state index contributed by atoms with van der Waals surface area (Å²) >= 11 is 1.41. The number of nitrogens with zero attached hydrogens (tertiary/aromatic N) is 1. The third-order valence-electron chi connectivity index (χ3n) is 5.22. The van der Waals surface area contributed by atoms with Gasteiger partial charge in [-0.05, 0) is 61.3 Å². The molecule has 0 aliphatic heterocycles. The quantitative estimate of drug-likeness (QED) is 0.882. The summed E-state index contributed by atoms with van der Waals surface area (Å²) in [4.78, 5) is 16.7. The van der Waals surface area contributed by atoms with E-state index in [2.05, 4.69) is 10.3 Å². The van der Waals surface area contributed by atoms with Crippen LogP contribution in [0, 0.1) is 23.6 Å². The fraction of sp³-hybridized carbons (Fsp3) is 0.444. The summed E-state index contributed by atoms with van der Waals surface area (Å²) in [6.07, 6.45) is 5.82. The summed E-state index contributed by atoms with van der Waals surface area (Å²) in [5, 5.41) is 5.44. The predicted octanol–water partition coefficient (Wildman–Crippen LogP) is 4.71. The molecule has 1 amide bonds. The van der Waals surface area contributed by atoms with E-state index in [-0.39, 0.29) is 11.7 Å². The Bertz CT molecular complexity index is 712. The number of fused-ring (bicyclic) bond motifs is 2. The molecule has 3 nitrogen and oxygen atoms in total. The molecule has 2 bridgehead atoms. The molecule has 2 aromatic rings. The highest BCUT2D eigenvalue weighted by Crippen LogP contribution is 2.49. The predicted molar refractivity (Wildman–Crippen MR) is 89.7 cm³/mol. The molecule has 1 heterocycles. The van der Waals surface area contributed by atoms with Crippen molar-refractivity contribution >= 4 is 22.4 Å². The van der Waals surface area contributed by atoms with Crippen LogP contribution >= 0.6 is 11.3 Å². The average molecular weight is 330 g/mol. The van der Waals surface area contributed by atoms with Crippen LogP contribution in [0.1, 0.15) is 32.1 Å². The molecule has 2 saturated carbocycles. The van der Waals surface area contributed by atoms with Gasteiger partial charge in [0.2, 0.25) is 5.91 Å². The lowest BCUT2D eigenvalue weighted by atomic mass is 9.86. The van der Waals surface area contributed by atoms with Crippen molar-refractivity contribution in [1.82, 2.24) is 4.98 Å². The topological polar surface area (TPSA) is 42.0 Å². The van der Waals surface area contributed by atoms with Crippen LogP contribution in [-0.2, 0) is 4.79 Å². The third-order valence-corrected chi connectivity index (χ3v) is 5.98. The Labute approximate surface area is 138 Å². The summed E-state index contributed by atoms with van der Waals surface area (Å²) in [5.74, 6) is 2.00. The molecule has 0 saturated heterocycles. The van der Waals surface area contributed by atoms with Gasteiger partial charge in [0.1, 0.15) is 5.82 Å². The maximum atomic E-state index is 13.0. The van der Waals surface area contributed by atoms with E-state index in [1.165, 1.54) is 49.2 Å². The number of carbonyl (C=O) groups is 1. The number of anilines is 1. The largest absolute Gasteiger partial charge is 0.302 e. The van der Waals surface area contributed by atoms with Crippen molar-refractivity contribution in [3.05, 3.63) is 35.5 Å². The zero-order valence-corrected chi connectivity index (χ0v) is 13.6. The van der Waals surface area contributed by atoms with Crippen molar-refractivity contribution in [1.29, 1.82) is 0 Å². The first kappa shape index (κ1) is 14.8. The highest BCUT2D eigenvalue weighted by atomic mass is 32.1. The smallest absolute Gasteiger partial charge is 0.226 e. The van der Waals surface area contributed by atoms with E-state index in [9.17, 15) is 9.18 Å². The Morgan fingerprint density at radius 2 is 2.09 bits per heavy atom. The van der Waals surface area contributed by atoms with E-state index >= 15 is 0 Å². The normalized spacial score (nSPS) is 25.7. The van der Waals surface area contributed by atoms with Crippen LogP contribution in [-0.4, -0.2) is 10.9 Å². The van der Waals surface area contributed by atoms with Crippen molar-refractivity contribution in [2.75, 3.05) is 5.32 Å². The molecule has 4 rings (SSSR count). The van der Waals surface area contributed by atoms with Crippen molar-refractivity contribution in [2.24, 2.45) is 17.8 Å². The van der Waals surface area contributed by atoms with Gasteiger partial charge in [-0.25, -0.2) is 9.37 Å². The lowest BCUT2D eigenvalue weighted by Gasteiger charge is -2.20. The molecule has 120 valence electrons. The van der Waals surface area contributed by atoms with Crippen LogP contribution in [0.2, 0.25) is 0 Å². The fourth-order valence-corrected chi connectivity index (χ4v) is 4.86. The van der Waals surface area contributed by atoms with Crippen LogP contribution in [0.4, 0.5) is 9.52 Å². The van der Waals surface area contributed by atoms with E-state index < -0.39 is 0 Å². The number of amides is 1. The van der Waals surface area contributed by atoms with Gasteiger partial charge in [-0.3, -0.25) is 4.79 Å². The number of carbonyl (C=O) groups excluding carboxylic acids is 1. The molecule has 2 fully saturated rings. The summed E-state index contributed by atoms with van der Waals surface area (Å²) in [6.45, 7) is 0. The van der Waals surface area contributed by atoms with Crippen molar-refractivity contribution < 1.29 is 9.18 Å². The number of rotatable bonds is 4. The Morgan fingerprint density at radius 3 is 2.78 bits per heavy atom. The number of halogens is 1. The molecule has 0 radical (unpaired) electrons. The minimum Gasteiger partial charge on any atom is -0.302 e. The third kappa shape index (κ3) is 3.15. The van der Waals surface area contributed by atoms with E-state index in [1.807, 2.05) is 5.38 Å². The first-order valence-corrected chi connectivity index (χ1v) is 9.06. The second-order valence-corrected chi connectivity index (χ2v) is 7.59. The number of benzene rings is 1. The van der Waals surface area contributed by atoms with Crippen LogP contribution in [0.25, 0.3) is 11.3 Å². The zero-order valence-electron chi connectivity index (χ0n) is 12.8. The van der Waals surface area contributed by atoms with Gasteiger partial charge in [0, 0.05) is 17.4 Å². The average Bonchev–Trinajstić information content (AvgIpc) is 3.24. The maximum absolute atomic E-state index is 13.0. The van der Waals surface area contributed by atoms with Gasteiger partial charge in [0.15, 0.2) is 5.13 Å². The lowest BCUT2D eigenvalue weighted by Crippen LogP contribution is -2.20. The summed E-state index contributed by atoms with van der Waals surface area (Å²) < 4.78 is 13.0. The Hall–Kier alpha value is -1.75. The van der Waals surface area contributed by atoms with E-state index in [1.54, 1.807) is 12.1 Å². The molecule has 23 heavy (non-hydrogen) atoms. The second-order valence-electron chi connectivity index (χ2n) is 6.73. The first-order chi connectivity index (χ1) is 11.2. The van der Waals surface area contributed by atoms with Gasteiger partial charge in [-0.2, -0.15) is 0 Å². The SMILES string of the molecule is O=C(C[C@@H]1C[C@H]2CC[C@@H]1C2)Nc1nc(-c2ccc(F)cc2)cs1. The lowest BCUT2D eigenvalue weighted by molar-refractivity contribution is -0.117. The number of thiazole rings is 1. The van der Waals surface area contributed by atoms with Crippen LogP contribution in [0.5, 0.6) is 0 Å². The summed E-state index contributed by atoms with van der Waals surface area (Å²) in [5.41, 5.74) is 1.63. The molecular formula is C18H19FN2OS. The number of hydrogen-bond donors (Lipinski definition) is 1. The fourth-order valence-electron chi connectivity index (χ4n) is 4.12. The molecule has 5 heteroatoms. The number of hydrogen-bond acceptors (Lipinski definition) is 3. The standard InChI is InChI=1S/C18H19FN2OS/c19-15-5-3-12(4-6-15)16-10-23-18(20-16)21-17(22)9-14-8-11-1-2-13(14)7-11/h3-6,10-11,13-14H,1-2,7-9H2,(H,20,21,22)/t11-,13+,14-/m0/s1. The van der Waals surface area contributed by atoms with Gasteiger partial charge >= 0.3 is 0 Å². The monoisotopic (exact) mass is 330 g/mol. The van der Waals surface area contributed by atoms with Gasteiger partial charge in [0.25, 0.3) is 0 Å². The van der Waals surface area contributed by atoms with E-state index in [0.29, 0.717) is 17.5 Å². The number of nitrogens with one attached hydrogen (secondary N) is 1. The Morgan fingerprint density at radius 1 is 1.26 bits per heavy atom. The van der Waals surface area contributed by atoms with Crippen molar-refractivity contribution in [3.8, 4) is 11.3 Å². The molecule has 2 aliphatic rings. The highest BCUT2D eigenvalue weighted by molar-refractivity contribution is 7.14. The first-order valence-electron chi connectivity index (χ1n) is 8.18. The van der Waals surface area contributed by atoms with Gasteiger partial charge in [0.05, 0.1) is 5.69 Å². The number of aromatic nitrogens is 1. The van der Waals surface area contributed by atoms with Crippen LogP contribution in [0.15, 0.2) is 29.6 Å². The van der Waals surface area contributed by atoms with Crippen molar-refractivity contribution in [2.45, 2.75) is 32.1 Å². The Balaban J connectivity index is 1.37. The van der Waals surface area contributed by atoms with E-state index in [4.69, 9.17) is 0 Å². The minimum absolute atomic E-state index is 0.0718. The molecule has 0 unspecified atom stereocenters. The zero-order chi connectivity index (χ0) is 15.8. The molecule has 3 atom stereocenters. The molecular weight excluding hydrogens is 311 g/mol. The van der Waals surface area contributed by atoms with Crippen LogP contribution in [0.3, 0.4) is 0 Å². The molecule has 0 spiro atoms. The minimum atomic E-state index is -0.261.